The van der Waals surface area contributed by atoms with Crippen LogP contribution in [0.5, 0.6) is 0 Å². The van der Waals surface area contributed by atoms with Crippen LogP contribution in [-0.4, -0.2) is 34.1 Å². The van der Waals surface area contributed by atoms with Gasteiger partial charge in [0.1, 0.15) is 0 Å². The zero-order chi connectivity index (χ0) is 14.9. The van der Waals surface area contributed by atoms with Gasteiger partial charge in [0.05, 0.1) is 4.92 Å². The molecule has 106 valence electrons. The largest absolute Gasteiger partial charge is 0.465 e. The van der Waals surface area contributed by atoms with Crippen LogP contribution >= 0.6 is 0 Å². The summed E-state index contributed by atoms with van der Waals surface area (Å²) in [5.41, 5.74) is 1.45. The van der Waals surface area contributed by atoms with E-state index in [4.69, 9.17) is 5.11 Å². The van der Waals surface area contributed by atoms with Crippen LogP contribution in [0.3, 0.4) is 0 Å². The summed E-state index contributed by atoms with van der Waals surface area (Å²) in [6.07, 6.45) is 1.17. The van der Waals surface area contributed by atoms with Gasteiger partial charge in [-0.05, 0) is 36.1 Å². The number of aryl methyl sites for hydroxylation is 1. The molecular formula is C13H13FN2O4. The molecule has 1 N–H and O–H groups in total. The maximum atomic E-state index is 13.5. The van der Waals surface area contributed by atoms with Crippen LogP contribution in [0.15, 0.2) is 18.2 Å². The van der Waals surface area contributed by atoms with E-state index in [9.17, 15) is 19.3 Å². The Bertz CT molecular complexity index is 613. The summed E-state index contributed by atoms with van der Waals surface area (Å²) in [6.45, 7) is 2.23. The van der Waals surface area contributed by atoms with Gasteiger partial charge < -0.3 is 10.0 Å². The molecule has 1 aromatic rings. The quantitative estimate of drug-likeness (QED) is 0.667. The van der Waals surface area contributed by atoms with Gasteiger partial charge in [0.25, 0.3) is 0 Å². The number of rotatable bonds is 2. The van der Waals surface area contributed by atoms with Crippen molar-refractivity contribution in [2.45, 2.75) is 13.3 Å². The third-order valence-corrected chi connectivity index (χ3v) is 3.32. The van der Waals surface area contributed by atoms with E-state index in [0.717, 1.165) is 11.6 Å². The average molecular weight is 280 g/mol. The van der Waals surface area contributed by atoms with Gasteiger partial charge in [-0.25, -0.2) is 4.79 Å². The molecule has 0 unspecified atom stereocenters. The Labute approximate surface area is 114 Å². The number of amides is 1. The molecule has 1 aliphatic rings. The summed E-state index contributed by atoms with van der Waals surface area (Å²) in [7, 11) is 0. The third kappa shape index (κ3) is 2.61. The van der Waals surface area contributed by atoms with Crippen molar-refractivity contribution in [2.75, 3.05) is 13.1 Å². The molecule has 6 nitrogen and oxygen atoms in total. The SMILES string of the molecule is Cc1cc(F)c([N+](=O)[O-])cc1C1=CCN(C(=O)O)CC1. The molecule has 0 radical (unpaired) electrons. The fraction of sp³-hybridized carbons (Fsp3) is 0.308. The molecule has 2 rings (SSSR count). The highest BCUT2D eigenvalue weighted by atomic mass is 19.1. The predicted molar refractivity (Wildman–Crippen MR) is 70.0 cm³/mol. The number of benzene rings is 1. The number of nitrogens with zero attached hydrogens (tertiary/aromatic N) is 2. The van der Waals surface area contributed by atoms with Crippen molar-refractivity contribution < 1.29 is 19.2 Å². The van der Waals surface area contributed by atoms with E-state index in [1.165, 1.54) is 11.0 Å². The summed E-state index contributed by atoms with van der Waals surface area (Å²) < 4.78 is 13.5. The van der Waals surface area contributed by atoms with E-state index in [2.05, 4.69) is 0 Å². The number of carbonyl (C=O) groups is 1. The lowest BCUT2D eigenvalue weighted by molar-refractivity contribution is -0.387. The highest BCUT2D eigenvalue weighted by molar-refractivity contribution is 5.73. The number of halogens is 1. The molecule has 0 bridgehead atoms. The molecule has 1 aliphatic heterocycles. The molecule has 0 aromatic heterocycles. The van der Waals surface area contributed by atoms with Gasteiger partial charge in [-0.3, -0.25) is 10.1 Å². The molecular weight excluding hydrogens is 267 g/mol. The molecule has 0 saturated carbocycles. The smallest absolute Gasteiger partial charge is 0.407 e. The fourth-order valence-electron chi connectivity index (χ4n) is 2.23. The standard InChI is InChI=1S/C13H13FN2O4/c1-8-6-11(14)12(16(19)20)7-10(8)9-2-4-15(5-3-9)13(17)18/h2,6-7H,3-5H2,1H3,(H,17,18). The second-order valence-corrected chi connectivity index (χ2v) is 4.58. The first kappa shape index (κ1) is 14.0. The molecule has 0 spiro atoms. The molecule has 1 aromatic carbocycles. The van der Waals surface area contributed by atoms with Gasteiger partial charge in [-0.2, -0.15) is 4.39 Å². The molecule has 1 amide bonds. The molecule has 20 heavy (non-hydrogen) atoms. The van der Waals surface area contributed by atoms with Crippen molar-refractivity contribution in [1.29, 1.82) is 0 Å². The minimum Gasteiger partial charge on any atom is -0.465 e. The zero-order valence-electron chi connectivity index (χ0n) is 10.8. The molecule has 0 fully saturated rings. The second kappa shape index (κ2) is 5.28. The summed E-state index contributed by atoms with van der Waals surface area (Å²) in [5.74, 6) is -0.861. The Morgan fingerprint density at radius 1 is 1.50 bits per heavy atom. The zero-order valence-corrected chi connectivity index (χ0v) is 10.8. The van der Waals surface area contributed by atoms with Gasteiger partial charge in [0, 0.05) is 19.2 Å². The van der Waals surface area contributed by atoms with E-state index in [-0.39, 0.29) is 6.54 Å². The van der Waals surface area contributed by atoms with Crippen molar-refractivity contribution in [3.63, 3.8) is 0 Å². The Hall–Kier alpha value is -2.44. The van der Waals surface area contributed by atoms with Crippen molar-refractivity contribution in [3.8, 4) is 0 Å². The van der Waals surface area contributed by atoms with Crippen LogP contribution in [0.1, 0.15) is 17.5 Å². The Morgan fingerprint density at radius 3 is 2.70 bits per heavy atom. The minimum atomic E-state index is -0.998. The Morgan fingerprint density at radius 2 is 2.20 bits per heavy atom. The Balaban J connectivity index is 2.37. The monoisotopic (exact) mass is 280 g/mol. The number of carboxylic acid groups (broad SMARTS) is 1. The Kier molecular flexibility index (Phi) is 3.69. The highest BCUT2D eigenvalue weighted by Gasteiger charge is 2.21. The maximum absolute atomic E-state index is 13.5. The van der Waals surface area contributed by atoms with E-state index >= 15 is 0 Å². The maximum Gasteiger partial charge on any atom is 0.407 e. The molecule has 0 aliphatic carbocycles. The van der Waals surface area contributed by atoms with Crippen LogP contribution < -0.4 is 0 Å². The van der Waals surface area contributed by atoms with Crippen LogP contribution in [0.2, 0.25) is 0 Å². The van der Waals surface area contributed by atoms with Crippen LogP contribution in [-0.2, 0) is 0 Å². The first-order valence-electron chi connectivity index (χ1n) is 6.02. The highest BCUT2D eigenvalue weighted by Crippen LogP contribution is 2.30. The number of nitro benzene ring substituents is 1. The summed E-state index contributed by atoms with van der Waals surface area (Å²) in [5, 5.41) is 19.6. The van der Waals surface area contributed by atoms with Gasteiger partial charge in [0.2, 0.25) is 5.82 Å². The lowest BCUT2D eigenvalue weighted by Crippen LogP contribution is -2.33. The lowest BCUT2D eigenvalue weighted by Gasteiger charge is -2.24. The van der Waals surface area contributed by atoms with E-state index < -0.39 is 22.5 Å². The van der Waals surface area contributed by atoms with E-state index in [1.54, 1.807) is 13.0 Å². The molecule has 0 atom stereocenters. The van der Waals surface area contributed by atoms with Crippen molar-refractivity contribution in [1.82, 2.24) is 4.90 Å². The van der Waals surface area contributed by atoms with Gasteiger partial charge in [0.15, 0.2) is 0 Å². The van der Waals surface area contributed by atoms with E-state index in [1.807, 2.05) is 0 Å². The predicted octanol–water partition coefficient (Wildman–Crippen LogP) is 2.81. The van der Waals surface area contributed by atoms with Crippen LogP contribution in [0.25, 0.3) is 5.57 Å². The number of hydrogen-bond donors (Lipinski definition) is 1. The van der Waals surface area contributed by atoms with Crippen molar-refractivity contribution >= 4 is 17.4 Å². The molecule has 7 heteroatoms. The average Bonchev–Trinajstić information content (AvgIpc) is 2.38. The van der Waals surface area contributed by atoms with Gasteiger partial charge in [-0.15, -0.1) is 0 Å². The van der Waals surface area contributed by atoms with Crippen molar-refractivity contribution in [3.05, 3.63) is 45.3 Å². The fourth-order valence-corrected chi connectivity index (χ4v) is 2.23. The number of nitro groups is 1. The molecule has 0 saturated heterocycles. The van der Waals surface area contributed by atoms with Gasteiger partial charge >= 0.3 is 11.8 Å². The first-order chi connectivity index (χ1) is 9.40. The summed E-state index contributed by atoms with van der Waals surface area (Å²) >= 11 is 0. The first-order valence-corrected chi connectivity index (χ1v) is 6.02. The lowest BCUT2D eigenvalue weighted by atomic mass is 9.95. The topological polar surface area (TPSA) is 83.7 Å². The van der Waals surface area contributed by atoms with Crippen molar-refractivity contribution in [2.24, 2.45) is 0 Å². The molecule has 1 heterocycles. The second-order valence-electron chi connectivity index (χ2n) is 4.58. The normalized spacial score (nSPS) is 14.9. The van der Waals surface area contributed by atoms with E-state index in [0.29, 0.717) is 24.1 Å². The van der Waals surface area contributed by atoms with Gasteiger partial charge in [-0.1, -0.05) is 6.08 Å². The van der Waals surface area contributed by atoms with Crippen LogP contribution in [0, 0.1) is 22.9 Å². The van der Waals surface area contributed by atoms with Crippen LogP contribution in [0.4, 0.5) is 14.9 Å². The summed E-state index contributed by atoms with van der Waals surface area (Å²) in [6, 6.07) is 2.35. The summed E-state index contributed by atoms with van der Waals surface area (Å²) in [4.78, 5) is 22.1. The number of hydrogen-bond acceptors (Lipinski definition) is 3. The third-order valence-electron chi connectivity index (χ3n) is 3.32. The minimum absolute atomic E-state index is 0.231.